The Morgan fingerprint density at radius 2 is 1.96 bits per heavy atom. The number of aryl methyl sites for hydroxylation is 1. The topological polar surface area (TPSA) is 66.5 Å². The van der Waals surface area contributed by atoms with Crippen LogP contribution >= 0.6 is 0 Å². The van der Waals surface area contributed by atoms with Crippen LogP contribution in [0.5, 0.6) is 0 Å². The molecule has 0 aromatic heterocycles. The molecule has 1 aliphatic heterocycles. The van der Waals surface area contributed by atoms with Crippen molar-refractivity contribution in [1.82, 2.24) is 10.2 Å². The Balaban J connectivity index is 1.88. The zero-order valence-corrected chi connectivity index (χ0v) is 14.5. The van der Waals surface area contributed by atoms with E-state index in [1.807, 2.05) is 0 Å². The molecule has 2 amide bonds. The van der Waals surface area contributed by atoms with Crippen LogP contribution < -0.4 is 5.32 Å². The molecule has 0 unspecified atom stereocenters. The number of nitrogens with zero attached hydrogens (tertiary/aromatic N) is 1. The van der Waals surface area contributed by atoms with Gasteiger partial charge in [0, 0.05) is 25.9 Å². The van der Waals surface area contributed by atoms with Crippen LogP contribution in [0.1, 0.15) is 24.5 Å². The van der Waals surface area contributed by atoms with Gasteiger partial charge >= 0.3 is 6.03 Å². The highest BCUT2D eigenvalue weighted by Crippen LogP contribution is 2.22. The lowest BCUT2D eigenvalue weighted by Crippen LogP contribution is -2.43. The minimum Gasteiger partial charge on any atom is -0.337 e. The van der Waals surface area contributed by atoms with Gasteiger partial charge in [0.1, 0.15) is 9.84 Å². The highest BCUT2D eigenvalue weighted by molar-refractivity contribution is 7.90. The van der Waals surface area contributed by atoms with Gasteiger partial charge in [0.25, 0.3) is 0 Å². The Kier molecular flexibility index (Phi) is 5.82. The number of hydrogen-bond donors (Lipinski definition) is 1. The first-order valence-corrected chi connectivity index (χ1v) is 9.94. The first kappa shape index (κ1) is 17.5. The fourth-order valence-electron chi connectivity index (χ4n) is 2.53. The number of carbonyl (C=O) groups is 1. The van der Waals surface area contributed by atoms with Gasteiger partial charge in [-0.2, -0.15) is 0 Å². The van der Waals surface area contributed by atoms with E-state index in [9.17, 15) is 13.2 Å². The van der Waals surface area contributed by atoms with Gasteiger partial charge in [-0.05, 0) is 29.5 Å². The normalized spacial score (nSPS) is 15.2. The van der Waals surface area contributed by atoms with Crippen LogP contribution in [0.4, 0.5) is 4.79 Å². The largest absolute Gasteiger partial charge is 0.337 e. The molecule has 23 heavy (non-hydrogen) atoms. The summed E-state index contributed by atoms with van der Waals surface area (Å²) in [4.78, 5) is 13.7. The highest BCUT2D eigenvalue weighted by Gasteiger charge is 2.17. The molecule has 1 aromatic rings. The number of nitrogens with one attached hydrogen (secondary N) is 1. The van der Waals surface area contributed by atoms with Crippen molar-refractivity contribution in [3.63, 3.8) is 0 Å². The number of benzene rings is 1. The molecule has 0 bridgehead atoms. The molecule has 126 valence electrons. The average Bonchev–Trinajstić information content (AvgIpc) is 2.54. The molecule has 0 fully saturated rings. The summed E-state index contributed by atoms with van der Waals surface area (Å²) < 4.78 is 22.1. The van der Waals surface area contributed by atoms with Crippen molar-refractivity contribution < 1.29 is 13.2 Å². The van der Waals surface area contributed by atoms with E-state index in [0.717, 1.165) is 12.8 Å². The van der Waals surface area contributed by atoms with Crippen molar-refractivity contribution in [3.05, 3.63) is 41.5 Å². The molecule has 0 atom stereocenters. The third-order valence-electron chi connectivity index (χ3n) is 3.98. The van der Waals surface area contributed by atoms with Gasteiger partial charge in [0.2, 0.25) is 0 Å². The van der Waals surface area contributed by atoms with Crippen molar-refractivity contribution in [2.45, 2.75) is 19.8 Å². The third kappa shape index (κ3) is 5.39. The lowest BCUT2D eigenvalue weighted by atomic mass is 9.98. The first-order chi connectivity index (χ1) is 10.9. The Hall–Kier alpha value is -1.82. The molecule has 0 saturated carbocycles. The highest BCUT2D eigenvalue weighted by atomic mass is 32.2. The maximum absolute atomic E-state index is 12.0. The summed E-state index contributed by atoms with van der Waals surface area (Å²) in [7, 11) is -3.05. The number of sulfone groups is 1. The van der Waals surface area contributed by atoms with Crippen molar-refractivity contribution >= 4 is 21.4 Å². The average molecular weight is 336 g/mol. The second kappa shape index (κ2) is 7.64. The Morgan fingerprint density at radius 3 is 2.48 bits per heavy atom. The van der Waals surface area contributed by atoms with Crippen molar-refractivity contribution in [3.8, 4) is 0 Å². The fourth-order valence-corrected chi connectivity index (χ4v) is 3.00. The van der Waals surface area contributed by atoms with E-state index in [-0.39, 0.29) is 18.3 Å². The van der Waals surface area contributed by atoms with Crippen LogP contribution in [0.15, 0.2) is 30.3 Å². The number of rotatable bonds is 5. The number of amides is 2. The summed E-state index contributed by atoms with van der Waals surface area (Å²) in [5, 5.41) is 2.66. The van der Waals surface area contributed by atoms with Gasteiger partial charge in [0.05, 0.1) is 5.75 Å². The smallest absolute Gasteiger partial charge is 0.317 e. The maximum Gasteiger partial charge on any atom is 0.317 e. The summed E-state index contributed by atoms with van der Waals surface area (Å²) in [6, 6.07) is 8.34. The first-order valence-electron chi connectivity index (χ1n) is 7.88. The summed E-state index contributed by atoms with van der Waals surface area (Å²) in [6.45, 7) is 3.49. The molecule has 1 N–H and O–H groups in total. The van der Waals surface area contributed by atoms with Gasteiger partial charge in [-0.1, -0.05) is 37.3 Å². The summed E-state index contributed by atoms with van der Waals surface area (Å²) in [6.07, 6.45) is 5.07. The molecule has 5 nitrogen and oxygen atoms in total. The molecule has 1 heterocycles. The van der Waals surface area contributed by atoms with E-state index in [2.05, 4.69) is 42.6 Å². The molecular formula is C17H24N2O3S. The second-order valence-corrected chi connectivity index (χ2v) is 8.10. The molecule has 0 radical (unpaired) electrons. The third-order valence-corrected chi connectivity index (χ3v) is 4.92. The zero-order chi connectivity index (χ0) is 16.9. The van der Waals surface area contributed by atoms with Crippen LogP contribution in [0.2, 0.25) is 0 Å². The molecule has 1 aliphatic rings. The van der Waals surface area contributed by atoms with Crippen LogP contribution in [-0.2, 0) is 16.3 Å². The van der Waals surface area contributed by atoms with E-state index in [0.29, 0.717) is 13.1 Å². The van der Waals surface area contributed by atoms with E-state index in [1.54, 1.807) is 4.90 Å². The molecule has 0 spiro atoms. The predicted molar refractivity (Wildman–Crippen MR) is 93.1 cm³/mol. The van der Waals surface area contributed by atoms with Crippen molar-refractivity contribution in [2.75, 3.05) is 31.6 Å². The number of carbonyl (C=O) groups excluding carboxylic acids is 1. The quantitative estimate of drug-likeness (QED) is 0.895. The van der Waals surface area contributed by atoms with E-state index >= 15 is 0 Å². The Bertz CT molecular complexity index is 678. The number of urea groups is 1. The lowest BCUT2D eigenvalue weighted by molar-refractivity contribution is 0.204. The maximum atomic E-state index is 12.0. The molecule has 6 heteroatoms. The standard InChI is InChI=1S/C17H24N2O3S/c1-3-14-4-6-15(7-5-14)16-8-11-19(12-9-16)17(20)18-10-13-23(2,21)22/h4-8H,3,9-13H2,1-2H3,(H,18,20). The van der Waals surface area contributed by atoms with Crippen LogP contribution in [0.25, 0.3) is 5.57 Å². The monoisotopic (exact) mass is 336 g/mol. The Labute approximate surface area is 138 Å². The van der Waals surface area contributed by atoms with Crippen molar-refractivity contribution in [1.29, 1.82) is 0 Å². The van der Waals surface area contributed by atoms with E-state index < -0.39 is 9.84 Å². The van der Waals surface area contributed by atoms with Crippen molar-refractivity contribution in [2.24, 2.45) is 0 Å². The minimum atomic E-state index is -3.05. The van der Waals surface area contributed by atoms with Gasteiger partial charge in [0.15, 0.2) is 0 Å². The van der Waals surface area contributed by atoms with Crippen LogP contribution in [0.3, 0.4) is 0 Å². The zero-order valence-electron chi connectivity index (χ0n) is 13.7. The summed E-state index contributed by atoms with van der Waals surface area (Å²) in [5.41, 5.74) is 3.78. The molecule has 0 aliphatic carbocycles. The van der Waals surface area contributed by atoms with E-state index in [4.69, 9.17) is 0 Å². The SMILES string of the molecule is CCc1ccc(C2=CCN(C(=O)NCCS(C)(=O)=O)CC2)cc1. The fraction of sp³-hybridized carbons (Fsp3) is 0.471. The van der Waals surface area contributed by atoms with Crippen LogP contribution in [-0.4, -0.2) is 51.0 Å². The lowest BCUT2D eigenvalue weighted by Gasteiger charge is -2.27. The second-order valence-electron chi connectivity index (χ2n) is 5.84. The molecule has 2 rings (SSSR count). The van der Waals surface area contributed by atoms with Gasteiger partial charge < -0.3 is 10.2 Å². The predicted octanol–water partition coefficient (Wildman–Crippen LogP) is 2.09. The molecular weight excluding hydrogens is 312 g/mol. The number of hydrogen-bond acceptors (Lipinski definition) is 3. The van der Waals surface area contributed by atoms with Gasteiger partial charge in [-0.15, -0.1) is 0 Å². The summed E-state index contributed by atoms with van der Waals surface area (Å²) >= 11 is 0. The van der Waals surface area contributed by atoms with Gasteiger partial charge in [-0.25, -0.2) is 13.2 Å². The van der Waals surface area contributed by atoms with Crippen LogP contribution in [0, 0.1) is 0 Å². The molecule has 0 saturated heterocycles. The summed E-state index contributed by atoms with van der Waals surface area (Å²) in [5.74, 6) is -0.0303. The Morgan fingerprint density at radius 1 is 1.26 bits per heavy atom. The van der Waals surface area contributed by atoms with E-state index in [1.165, 1.54) is 23.0 Å². The molecule has 1 aromatic carbocycles. The minimum absolute atomic E-state index is 0.0303. The van der Waals surface area contributed by atoms with Gasteiger partial charge in [-0.3, -0.25) is 0 Å².